The molecule has 1 aromatic rings. The first-order valence-electron chi connectivity index (χ1n) is 4.84. The summed E-state index contributed by atoms with van der Waals surface area (Å²) in [5.41, 5.74) is 3.47. The Kier molecular flexibility index (Phi) is 4.05. The molecule has 0 saturated carbocycles. The molecule has 0 fully saturated rings. The second-order valence-corrected chi connectivity index (χ2v) is 3.67. The molecule has 15 heavy (non-hydrogen) atoms. The molecule has 0 spiro atoms. The maximum Gasteiger partial charge on any atom is 0.253 e. The smallest absolute Gasteiger partial charge is 0.253 e. The summed E-state index contributed by atoms with van der Waals surface area (Å²) in [4.78, 5) is 15.6. The molecule has 1 amide bonds. The quantitative estimate of drug-likeness (QED) is 0.504. The molecule has 1 heterocycles. The third-order valence-electron chi connectivity index (χ3n) is 1.89. The van der Waals surface area contributed by atoms with Crippen LogP contribution >= 0.6 is 0 Å². The minimum absolute atomic E-state index is 0.140. The minimum atomic E-state index is -0.140. The van der Waals surface area contributed by atoms with Gasteiger partial charge >= 0.3 is 0 Å². The van der Waals surface area contributed by atoms with E-state index >= 15 is 0 Å². The van der Waals surface area contributed by atoms with E-state index in [0.717, 1.165) is 0 Å². The zero-order valence-electron chi connectivity index (χ0n) is 8.95. The molecular weight excluding hydrogens is 192 g/mol. The molecule has 0 atom stereocenters. The lowest BCUT2D eigenvalue weighted by Crippen LogP contribution is -2.28. The van der Waals surface area contributed by atoms with Crippen molar-refractivity contribution in [1.29, 1.82) is 0 Å². The van der Waals surface area contributed by atoms with Crippen LogP contribution in [-0.2, 0) is 0 Å². The summed E-state index contributed by atoms with van der Waals surface area (Å²) in [5.74, 6) is 5.56. The van der Waals surface area contributed by atoms with E-state index in [1.54, 1.807) is 12.3 Å². The second-order valence-electron chi connectivity index (χ2n) is 3.67. The SMILES string of the molecule is CC(C)CNC(=O)c1ccncc1NN. The van der Waals surface area contributed by atoms with Crippen molar-refractivity contribution in [2.24, 2.45) is 11.8 Å². The monoisotopic (exact) mass is 208 g/mol. The second kappa shape index (κ2) is 5.31. The van der Waals surface area contributed by atoms with Crippen molar-refractivity contribution in [3.8, 4) is 0 Å². The maximum absolute atomic E-state index is 11.7. The van der Waals surface area contributed by atoms with Crippen molar-refractivity contribution >= 4 is 11.6 Å². The van der Waals surface area contributed by atoms with Crippen LogP contribution in [0.5, 0.6) is 0 Å². The van der Waals surface area contributed by atoms with Crippen LogP contribution in [-0.4, -0.2) is 17.4 Å². The number of nitrogen functional groups attached to an aromatic ring is 1. The Morgan fingerprint density at radius 1 is 1.60 bits per heavy atom. The van der Waals surface area contributed by atoms with Crippen LogP contribution < -0.4 is 16.6 Å². The first-order chi connectivity index (χ1) is 7.15. The first kappa shape index (κ1) is 11.5. The predicted molar refractivity (Wildman–Crippen MR) is 59.2 cm³/mol. The van der Waals surface area contributed by atoms with Gasteiger partial charge in [-0.1, -0.05) is 13.8 Å². The number of amides is 1. The van der Waals surface area contributed by atoms with Crippen LogP contribution in [0.15, 0.2) is 18.5 Å². The molecule has 5 heteroatoms. The standard InChI is InChI=1S/C10H16N4O/c1-7(2)5-13-10(15)8-3-4-12-6-9(8)14-11/h3-4,6-7,14H,5,11H2,1-2H3,(H,13,15). The van der Waals surface area contributed by atoms with Crippen molar-refractivity contribution < 1.29 is 4.79 Å². The molecule has 82 valence electrons. The van der Waals surface area contributed by atoms with Crippen molar-refractivity contribution in [3.05, 3.63) is 24.0 Å². The summed E-state index contributed by atoms with van der Waals surface area (Å²) in [6, 6.07) is 1.63. The van der Waals surface area contributed by atoms with Gasteiger partial charge < -0.3 is 10.7 Å². The molecule has 0 bridgehead atoms. The lowest BCUT2D eigenvalue weighted by atomic mass is 10.2. The van der Waals surface area contributed by atoms with Crippen LogP contribution in [0.2, 0.25) is 0 Å². The highest BCUT2D eigenvalue weighted by atomic mass is 16.1. The molecule has 4 N–H and O–H groups in total. The van der Waals surface area contributed by atoms with Crippen molar-refractivity contribution in [3.63, 3.8) is 0 Å². The van der Waals surface area contributed by atoms with Crippen LogP contribution in [0.1, 0.15) is 24.2 Å². The number of aromatic nitrogens is 1. The van der Waals surface area contributed by atoms with Crippen molar-refractivity contribution in [2.75, 3.05) is 12.0 Å². The molecule has 0 aliphatic carbocycles. The van der Waals surface area contributed by atoms with Gasteiger partial charge in [0.1, 0.15) is 0 Å². The number of carbonyl (C=O) groups excluding carboxylic acids is 1. The van der Waals surface area contributed by atoms with Crippen LogP contribution in [0.25, 0.3) is 0 Å². The largest absolute Gasteiger partial charge is 0.352 e. The van der Waals surface area contributed by atoms with E-state index in [1.165, 1.54) is 6.20 Å². The zero-order valence-corrected chi connectivity index (χ0v) is 8.95. The Balaban J connectivity index is 2.72. The number of anilines is 1. The summed E-state index contributed by atoms with van der Waals surface area (Å²) in [5, 5.41) is 2.81. The molecule has 1 aromatic heterocycles. The molecule has 0 aliphatic rings. The summed E-state index contributed by atoms with van der Waals surface area (Å²) in [7, 11) is 0. The van der Waals surface area contributed by atoms with Gasteiger partial charge in [-0.2, -0.15) is 0 Å². The van der Waals surface area contributed by atoms with E-state index in [2.05, 4.69) is 15.7 Å². The fourth-order valence-electron chi connectivity index (χ4n) is 1.10. The zero-order chi connectivity index (χ0) is 11.3. The van der Waals surface area contributed by atoms with Gasteiger partial charge in [-0.05, 0) is 12.0 Å². The lowest BCUT2D eigenvalue weighted by Gasteiger charge is -2.10. The van der Waals surface area contributed by atoms with Gasteiger partial charge in [-0.15, -0.1) is 0 Å². The minimum Gasteiger partial charge on any atom is -0.352 e. The summed E-state index contributed by atoms with van der Waals surface area (Å²) < 4.78 is 0. The van der Waals surface area contributed by atoms with Gasteiger partial charge in [0.2, 0.25) is 0 Å². The van der Waals surface area contributed by atoms with Crippen molar-refractivity contribution in [2.45, 2.75) is 13.8 Å². The lowest BCUT2D eigenvalue weighted by molar-refractivity contribution is 0.0949. The number of nitrogens with zero attached hydrogens (tertiary/aromatic N) is 1. The number of rotatable bonds is 4. The Hall–Kier alpha value is -1.62. The van der Waals surface area contributed by atoms with Gasteiger partial charge in [0.15, 0.2) is 0 Å². The highest BCUT2D eigenvalue weighted by Crippen LogP contribution is 2.11. The molecule has 0 aliphatic heterocycles. The predicted octanol–water partition coefficient (Wildman–Crippen LogP) is 0.753. The Morgan fingerprint density at radius 3 is 2.93 bits per heavy atom. The summed E-state index contributed by atoms with van der Waals surface area (Å²) in [6.45, 7) is 4.72. The summed E-state index contributed by atoms with van der Waals surface area (Å²) >= 11 is 0. The fourth-order valence-corrected chi connectivity index (χ4v) is 1.10. The third-order valence-corrected chi connectivity index (χ3v) is 1.89. The normalized spacial score (nSPS) is 10.1. The van der Waals surface area contributed by atoms with E-state index in [0.29, 0.717) is 23.7 Å². The third kappa shape index (κ3) is 3.21. The Morgan fingerprint density at radius 2 is 2.33 bits per heavy atom. The number of nitrogens with two attached hydrogens (primary N) is 1. The van der Waals surface area contributed by atoms with Crippen LogP contribution in [0.3, 0.4) is 0 Å². The molecule has 0 radical (unpaired) electrons. The van der Waals surface area contributed by atoms with Gasteiger partial charge in [-0.25, -0.2) is 0 Å². The average Bonchev–Trinajstić information content (AvgIpc) is 2.25. The number of hydrazine groups is 1. The number of carbonyl (C=O) groups is 1. The molecular formula is C10H16N4O. The van der Waals surface area contributed by atoms with Crippen LogP contribution in [0, 0.1) is 5.92 Å². The fraction of sp³-hybridized carbons (Fsp3) is 0.400. The summed E-state index contributed by atoms with van der Waals surface area (Å²) in [6.07, 6.45) is 3.08. The molecule has 5 nitrogen and oxygen atoms in total. The number of pyridine rings is 1. The van der Waals surface area contributed by atoms with E-state index in [-0.39, 0.29) is 5.91 Å². The van der Waals surface area contributed by atoms with Crippen molar-refractivity contribution in [1.82, 2.24) is 10.3 Å². The van der Waals surface area contributed by atoms with Crippen LogP contribution in [0.4, 0.5) is 5.69 Å². The number of nitrogens with one attached hydrogen (secondary N) is 2. The van der Waals surface area contributed by atoms with Gasteiger partial charge in [0.05, 0.1) is 17.4 Å². The number of hydrogen-bond acceptors (Lipinski definition) is 4. The molecule has 0 saturated heterocycles. The van der Waals surface area contributed by atoms with Gasteiger partial charge in [0.25, 0.3) is 5.91 Å². The van der Waals surface area contributed by atoms with E-state index in [1.807, 2.05) is 13.8 Å². The van der Waals surface area contributed by atoms with E-state index in [9.17, 15) is 4.79 Å². The van der Waals surface area contributed by atoms with Gasteiger partial charge in [-0.3, -0.25) is 15.6 Å². The molecule has 0 aromatic carbocycles. The highest BCUT2D eigenvalue weighted by molar-refractivity contribution is 5.99. The van der Waals surface area contributed by atoms with E-state index in [4.69, 9.17) is 5.84 Å². The number of hydrogen-bond donors (Lipinski definition) is 3. The Labute approximate surface area is 89.0 Å². The van der Waals surface area contributed by atoms with E-state index < -0.39 is 0 Å². The molecule has 1 rings (SSSR count). The topological polar surface area (TPSA) is 80.0 Å². The Bertz CT molecular complexity index is 338. The molecule has 0 unspecified atom stereocenters. The van der Waals surface area contributed by atoms with Gasteiger partial charge in [0, 0.05) is 12.7 Å². The highest BCUT2D eigenvalue weighted by Gasteiger charge is 2.10. The average molecular weight is 208 g/mol. The first-order valence-corrected chi connectivity index (χ1v) is 4.84. The maximum atomic E-state index is 11.7.